The molecule has 9 aromatic rings. The summed E-state index contributed by atoms with van der Waals surface area (Å²) < 4.78 is 2.29. The first-order valence-electron chi connectivity index (χ1n) is 23.8. The first-order valence-corrected chi connectivity index (χ1v) is 24.6. The molecule has 3 heterocycles. The van der Waals surface area contributed by atoms with Crippen LogP contribution in [-0.2, 0) is 42.7 Å². The van der Waals surface area contributed by atoms with Gasteiger partial charge in [-0.05, 0) is 92.6 Å². The van der Waals surface area contributed by atoms with Crippen LogP contribution in [0.25, 0.3) is 83.6 Å². The Morgan fingerprint density at radius 3 is 1.91 bits per heavy atom. The van der Waals surface area contributed by atoms with Crippen molar-refractivity contribution in [3.63, 3.8) is 0 Å². The van der Waals surface area contributed by atoms with Crippen LogP contribution in [0, 0.1) is 13.0 Å². The molecule has 2 aromatic heterocycles. The summed E-state index contributed by atoms with van der Waals surface area (Å²) >= 11 is 1.74. The molecule has 0 unspecified atom stereocenters. The Hall–Kier alpha value is -5.81. The Balaban J connectivity index is 0.00000593. The Morgan fingerprint density at radius 1 is 0.565 bits per heavy atom. The van der Waals surface area contributed by atoms with E-state index in [2.05, 4.69) is 222 Å². The van der Waals surface area contributed by atoms with E-state index < -0.39 is 0 Å². The number of benzene rings is 7. The van der Waals surface area contributed by atoms with Gasteiger partial charge >= 0.3 is 0 Å². The SMILES string of the molecule is Cc1cc2c3c(cccc3c1)Sc1c(-c3[c-]c(-c4cccc5c4nc(-c4cc(C(C)(C)C)cc(C(C)(C)C)c4O)n5-c4ccc(C(C)(C)C)cc4-c4ccccc4)cc(C(C)(C)C)c3)ncnc1-2.[Pt]. The van der Waals surface area contributed by atoms with Crippen molar-refractivity contribution < 1.29 is 26.2 Å². The second kappa shape index (κ2) is 17.2. The van der Waals surface area contributed by atoms with Crippen LogP contribution < -0.4 is 0 Å². The second-order valence-electron chi connectivity index (χ2n) is 22.8. The smallest absolute Gasteiger partial charge is 0.148 e. The molecular formula is C62H61N4OPtS-. The first-order chi connectivity index (χ1) is 32.1. The summed E-state index contributed by atoms with van der Waals surface area (Å²) in [5, 5.41) is 15.1. The van der Waals surface area contributed by atoms with Gasteiger partial charge in [-0.15, -0.1) is 29.3 Å². The number of hydrogen-bond acceptors (Lipinski definition) is 5. The fourth-order valence-electron chi connectivity index (χ4n) is 9.65. The van der Waals surface area contributed by atoms with E-state index >= 15 is 0 Å². The van der Waals surface area contributed by atoms with Gasteiger partial charge in [0.2, 0.25) is 0 Å². The number of phenols is 1. The fraction of sp³-hybridized carbons (Fsp3) is 0.274. The maximum atomic E-state index is 12.6. The minimum absolute atomic E-state index is 0. The summed E-state index contributed by atoms with van der Waals surface area (Å²) in [5.74, 6) is 0.928. The van der Waals surface area contributed by atoms with Gasteiger partial charge < -0.3 is 5.11 Å². The Morgan fingerprint density at radius 2 is 1.22 bits per heavy atom. The number of imidazole rings is 1. The molecule has 0 aliphatic carbocycles. The molecule has 1 aliphatic heterocycles. The van der Waals surface area contributed by atoms with E-state index in [0.29, 0.717) is 11.4 Å². The summed E-state index contributed by atoms with van der Waals surface area (Å²) in [6.07, 6.45) is 1.71. The summed E-state index contributed by atoms with van der Waals surface area (Å²) in [4.78, 5) is 18.0. The quantitative estimate of drug-likeness (QED) is 0.174. The molecule has 0 spiro atoms. The summed E-state index contributed by atoms with van der Waals surface area (Å²) in [7, 11) is 0. The van der Waals surface area contributed by atoms with E-state index in [1.54, 1.807) is 18.1 Å². The van der Waals surface area contributed by atoms with Crippen LogP contribution in [0.15, 0.2) is 137 Å². The number of hydrogen-bond donors (Lipinski definition) is 1. The van der Waals surface area contributed by atoms with Crippen LogP contribution in [0.3, 0.4) is 0 Å². The molecule has 0 amide bonds. The molecule has 0 radical (unpaired) electrons. The van der Waals surface area contributed by atoms with E-state index in [0.717, 1.165) is 77.5 Å². The van der Waals surface area contributed by atoms with Crippen molar-refractivity contribution in [1.82, 2.24) is 19.5 Å². The van der Waals surface area contributed by atoms with E-state index in [-0.39, 0.29) is 48.5 Å². The third-order valence-electron chi connectivity index (χ3n) is 13.5. The van der Waals surface area contributed by atoms with Gasteiger partial charge in [0.25, 0.3) is 0 Å². The second-order valence-corrected chi connectivity index (χ2v) is 23.9. The van der Waals surface area contributed by atoms with Crippen LogP contribution in [0.4, 0.5) is 0 Å². The predicted molar refractivity (Wildman–Crippen MR) is 286 cm³/mol. The number of aromatic nitrogens is 4. The van der Waals surface area contributed by atoms with Crippen molar-refractivity contribution in [1.29, 1.82) is 0 Å². The van der Waals surface area contributed by atoms with Gasteiger partial charge in [0.1, 0.15) is 17.9 Å². The van der Waals surface area contributed by atoms with Crippen LogP contribution in [-0.4, -0.2) is 24.6 Å². The third-order valence-corrected chi connectivity index (χ3v) is 14.7. The van der Waals surface area contributed by atoms with Gasteiger partial charge in [0.05, 0.1) is 28.0 Å². The summed E-state index contributed by atoms with van der Waals surface area (Å²) in [6.45, 7) is 28.9. The molecule has 7 aromatic carbocycles. The minimum atomic E-state index is -0.337. The van der Waals surface area contributed by atoms with Crippen molar-refractivity contribution in [2.45, 2.75) is 121 Å². The molecule has 352 valence electrons. The molecule has 0 atom stereocenters. The summed E-state index contributed by atoms with van der Waals surface area (Å²) in [6, 6.07) is 47.8. The van der Waals surface area contributed by atoms with Gasteiger partial charge in [0, 0.05) is 58.6 Å². The van der Waals surface area contributed by atoms with Crippen LogP contribution in [0.2, 0.25) is 0 Å². The van der Waals surface area contributed by atoms with Crippen molar-refractivity contribution in [3.05, 3.63) is 162 Å². The Bertz CT molecular complexity index is 3490. The minimum Gasteiger partial charge on any atom is -0.507 e. The van der Waals surface area contributed by atoms with Crippen molar-refractivity contribution in [2.24, 2.45) is 0 Å². The molecule has 5 nitrogen and oxygen atoms in total. The first kappa shape index (κ1) is 48.2. The molecular weight excluding hydrogens is 1040 g/mol. The van der Waals surface area contributed by atoms with Crippen molar-refractivity contribution in [3.8, 4) is 67.6 Å². The predicted octanol–water partition coefficient (Wildman–Crippen LogP) is 16.8. The summed E-state index contributed by atoms with van der Waals surface area (Å²) in [5.41, 5.74) is 16.2. The molecule has 1 N–H and O–H groups in total. The van der Waals surface area contributed by atoms with E-state index in [1.165, 1.54) is 32.4 Å². The Labute approximate surface area is 427 Å². The van der Waals surface area contributed by atoms with Crippen molar-refractivity contribution in [2.75, 3.05) is 0 Å². The monoisotopic (exact) mass is 1100 g/mol. The standard InChI is InChI=1S/C62H61N4OS.Pt/c1-36-27-38-21-17-24-51-52(38)46(28-36)55-57(68-51)53(63-35-64-55)40-29-39(30-42(31-40)60(5,6)7)44-22-18-23-50-54(44)65-58(47-33-43(61(8,9)10)34-48(56(47)67)62(11,12)13)66(50)49-26-25-41(59(2,3)4)32-45(49)37-19-15-14-16-20-37;/h14-28,30-35,67H,1-13H3;/q-1;. The van der Waals surface area contributed by atoms with Crippen LogP contribution in [0.1, 0.15) is 111 Å². The number of aromatic hydroxyl groups is 1. The fourth-order valence-corrected chi connectivity index (χ4v) is 10.9. The molecule has 69 heavy (non-hydrogen) atoms. The number of rotatable bonds is 5. The van der Waals surface area contributed by atoms with E-state index in [1.807, 2.05) is 0 Å². The van der Waals surface area contributed by atoms with E-state index in [9.17, 15) is 5.11 Å². The van der Waals surface area contributed by atoms with Crippen LogP contribution in [0.5, 0.6) is 5.75 Å². The molecule has 0 bridgehead atoms. The number of fused-ring (bicyclic) bond motifs is 3. The van der Waals surface area contributed by atoms with E-state index in [4.69, 9.17) is 15.0 Å². The number of nitrogens with zero attached hydrogens (tertiary/aromatic N) is 4. The van der Waals surface area contributed by atoms with Gasteiger partial charge in [0.15, 0.2) is 0 Å². The zero-order valence-electron chi connectivity index (χ0n) is 42.1. The molecule has 0 saturated heterocycles. The third kappa shape index (κ3) is 8.67. The molecule has 7 heteroatoms. The molecule has 10 rings (SSSR count). The molecule has 0 fully saturated rings. The number of phenolic OH excluding ortho intramolecular Hbond substituents is 1. The maximum Gasteiger partial charge on any atom is 0.148 e. The molecule has 0 saturated carbocycles. The topological polar surface area (TPSA) is 63.8 Å². The van der Waals surface area contributed by atoms with Gasteiger partial charge in [-0.2, -0.15) is 0 Å². The maximum absolute atomic E-state index is 12.6. The largest absolute Gasteiger partial charge is 0.507 e. The zero-order chi connectivity index (χ0) is 48.2. The number of para-hydroxylation sites is 1. The number of aryl methyl sites for hydroxylation is 1. The van der Waals surface area contributed by atoms with Crippen molar-refractivity contribution >= 4 is 33.6 Å². The van der Waals surface area contributed by atoms with Gasteiger partial charge in [-0.1, -0.05) is 179 Å². The van der Waals surface area contributed by atoms with Gasteiger partial charge in [-0.3, -0.25) is 9.55 Å². The molecule has 1 aliphatic rings. The van der Waals surface area contributed by atoms with Crippen LogP contribution >= 0.6 is 11.8 Å². The average Bonchev–Trinajstić information content (AvgIpc) is 3.67. The Kier molecular flexibility index (Phi) is 12.1. The average molecular weight is 1110 g/mol. The normalized spacial score (nSPS) is 12.9. The van der Waals surface area contributed by atoms with Gasteiger partial charge in [-0.25, -0.2) is 9.97 Å². The zero-order valence-corrected chi connectivity index (χ0v) is 45.2.